The standard InChI is InChI=1S/C21H24N4O2/c1-14-13-27-7-6-25(14)11-16-4-5-18-19(17-10-22-24(3)12-17)9-20(15(2)26)23-21(18)8-16/h4-5,8-10,12,14H,6-7,11,13H2,1-3H3/t14-/m1/s1. The van der Waals surface area contributed by atoms with Crippen LogP contribution in [0.2, 0.25) is 0 Å². The molecule has 27 heavy (non-hydrogen) atoms. The van der Waals surface area contributed by atoms with Crippen molar-refractivity contribution in [3.05, 3.63) is 47.9 Å². The normalized spacial score (nSPS) is 18.1. The summed E-state index contributed by atoms with van der Waals surface area (Å²) in [4.78, 5) is 19.1. The van der Waals surface area contributed by atoms with E-state index >= 15 is 0 Å². The molecule has 1 aliphatic heterocycles. The molecule has 3 aromatic rings. The van der Waals surface area contributed by atoms with Crippen molar-refractivity contribution in [3.8, 4) is 11.1 Å². The number of aryl methyl sites for hydroxylation is 1. The highest BCUT2D eigenvalue weighted by molar-refractivity contribution is 6.01. The summed E-state index contributed by atoms with van der Waals surface area (Å²) in [6.07, 6.45) is 3.78. The van der Waals surface area contributed by atoms with Crippen LogP contribution in [0.1, 0.15) is 29.9 Å². The molecule has 3 heterocycles. The van der Waals surface area contributed by atoms with Gasteiger partial charge in [0.2, 0.25) is 0 Å². The lowest BCUT2D eigenvalue weighted by Crippen LogP contribution is -2.42. The van der Waals surface area contributed by atoms with Crippen LogP contribution in [-0.2, 0) is 18.3 Å². The molecular weight excluding hydrogens is 340 g/mol. The zero-order valence-electron chi connectivity index (χ0n) is 16.0. The van der Waals surface area contributed by atoms with Gasteiger partial charge in [0.05, 0.1) is 24.9 Å². The Bertz CT molecular complexity index is 995. The molecule has 0 unspecified atom stereocenters. The fraction of sp³-hybridized carbons (Fsp3) is 0.381. The second kappa shape index (κ2) is 7.21. The van der Waals surface area contributed by atoms with Crippen LogP contribution < -0.4 is 0 Å². The molecule has 1 aromatic carbocycles. The average molecular weight is 364 g/mol. The fourth-order valence-corrected chi connectivity index (χ4v) is 3.58. The Labute approximate surface area is 158 Å². The average Bonchev–Trinajstić information content (AvgIpc) is 3.08. The molecule has 0 spiro atoms. The molecular formula is C21H24N4O2. The first-order valence-corrected chi connectivity index (χ1v) is 9.26. The SMILES string of the molecule is CC(=O)c1cc(-c2cnn(C)c2)c2ccc(CN3CCOC[C@H]3C)cc2n1. The molecule has 1 atom stereocenters. The molecule has 0 amide bonds. The fourth-order valence-electron chi connectivity index (χ4n) is 3.58. The Balaban J connectivity index is 1.77. The Morgan fingerprint density at radius 1 is 1.33 bits per heavy atom. The van der Waals surface area contributed by atoms with Gasteiger partial charge in [-0.1, -0.05) is 12.1 Å². The van der Waals surface area contributed by atoms with E-state index < -0.39 is 0 Å². The smallest absolute Gasteiger partial charge is 0.178 e. The third-order valence-corrected chi connectivity index (χ3v) is 5.14. The highest BCUT2D eigenvalue weighted by Crippen LogP contribution is 2.29. The van der Waals surface area contributed by atoms with Crippen LogP contribution in [0.4, 0.5) is 0 Å². The summed E-state index contributed by atoms with van der Waals surface area (Å²) in [6.45, 7) is 7.07. The van der Waals surface area contributed by atoms with Gasteiger partial charge in [-0.3, -0.25) is 14.4 Å². The van der Waals surface area contributed by atoms with Gasteiger partial charge in [-0.2, -0.15) is 5.10 Å². The molecule has 2 aromatic heterocycles. The molecule has 1 aliphatic rings. The van der Waals surface area contributed by atoms with Crippen molar-refractivity contribution in [2.24, 2.45) is 7.05 Å². The summed E-state index contributed by atoms with van der Waals surface area (Å²) in [5.74, 6) is -0.0331. The summed E-state index contributed by atoms with van der Waals surface area (Å²) >= 11 is 0. The van der Waals surface area contributed by atoms with Gasteiger partial charge < -0.3 is 4.74 Å². The van der Waals surface area contributed by atoms with Crippen molar-refractivity contribution in [1.82, 2.24) is 19.7 Å². The number of aromatic nitrogens is 3. The highest BCUT2D eigenvalue weighted by Gasteiger charge is 2.19. The van der Waals surface area contributed by atoms with E-state index in [1.165, 1.54) is 5.56 Å². The number of nitrogens with zero attached hydrogens (tertiary/aromatic N) is 4. The zero-order chi connectivity index (χ0) is 19.0. The molecule has 0 bridgehead atoms. The van der Waals surface area contributed by atoms with Crippen molar-refractivity contribution < 1.29 is 9.53 Å². The van der Waals surface area contributed by atoms with Crippen LogP contribution in [0.5, 0.6) is 0 Å². The number of hydrogen-bond acceptors (Lipinski definition) is 5. The molecule has 1 saturated heterocycles. The van der Waals surface area contributed by atoms with Crippen LogP contribution in [0.3, 0.4) is 0 Å². The van der Waals surface area contributed by atoms with E-state index in [0.717, 1.165) is 48.3 Å². The third kappa shape index (κ3) is 3.63. The van der Waals surface area contributed by atoms with E-state index in [-0.39, 0.29) is 5.78 Å². The van der Waals surface area contributed by atoms with Gasteiger partial charge in [0.1, 0.15) is 5.69 Å². The highest BCUT2D eigenvalue weighted by atomic mass is 16.5. The second-order valence-corrected chi connectivity index (χ2v) is 7.26. The van der Waals surface area contributed by atoms with Gasteiger partial charge in [-0.15, -0.1) is 0 Å². The maximum absolute atomic E-state index is 12.0. The van der Waals surface area contributed by atoms with Crippen molar-refractivity contribution in [3.63, 3.8) is 0 Å². The van der Waals surface area contributed by atoms with E-state index in [1.54, 1.807) is 11.6 Å². The largest absolute Gasteiger partial charge is 0.379 e. The van der Waals surface area contributed by atoms with E-state index in [9.17, 15) is 4.79 Å². The maximum atomic E-state index is 12.0. The molecule has 0 saturated carbocycles. The minimum absolute atomic E-state index is 0.0331. The third-order valence-electron chi connectivity index (χ3n) is 5.14. The molecule has 0 radical (unpaired) electrons. The number of ketones is 1. The monoisotopic (exact) mass is 364 g/mol. The minimum atomic E-state index is -0.0331. The summed E-state index contributed by atoms with van der Waals surface area (Å²) < 4.78 is 7.30. The van der Waals surface area contributed by atoms with Crippen molar-refractivity contribution >= 4 is 16.7 Å². The van der Waals surface area contributed by atoms with Gasteiger partial charge in [-0.05, 0) is 30.2 Å². The quantitative estimate of drug-likeness (QED) is 0.666. The molecule has 140 valence electrons. The lowest BCUT2D eigenvalue weighted by molar-refractivity contribution is -0.00435. The Kier molecular flexibility index (Phi) is 4.76. The lowest BCUT2D eigenvalue weighted by Gasteiger charge is -2.33. The van der Waals surface area contributed by atoms with E-state index in [1.807, 2.05) is 25.5 Å². The first-order chi connectivity index (χ1) is 13.0. The Hall–Kier alpha value is -2.57. The number of morpholine rings is 1. The van der Waals surface area contributed by atoms with Crippen molar-refractivity contribution in [2.75, 3.05) is 19.8 Å². The zero-order valence-corrected chi connectivity index (χ0v) is 16.0. The summed E-state index contributed by atoms with van der Waals surface area (Å²) in [5, 5.41) is 5.30. The number of hydrogen-bond donors (Lipinski definition) is 0. The summed E-state index contributed by atoms with van der Waals surface area (Å²) in [7, 11) is 1.89. The predicted octanol–water partition coefficient (Wildman–Crippen LogP) is 3.06. The van der Waals surface area contributed by atoms with Crippen LogP contribution in [-0.4, -0.2) is 51.2 Å². The minimum Gasteiger partial charge on any atom is -0.379 e. The second-order valence-electron chi connectivity index (χ2n) is 7.26. The van der Waals surface area contributed by atoms with Gasteiger partial charge in [0, 0.05) is 50.2 Å². The van der Waals surface area contributed by atoms with E-state index in [0.29, 0.717) is 11.7 Å². The van der Waals surface area contributed by atoms with Gasteiger partial charge in [0.15, 0.2) is 5.78 Å². The number of benzene rings is 1. The summed E-state index contributed by atoms with van der Waals surface area (Å²) in [6, 6.07) is 8.63. The number of carbonyl (C=O) groups excluding carboxylic acids is 1. The van der Waals surface area contributed by atoms with Crippen LogP contribution in [0, 0.1) is 0 Å². The number of fused-ring (bicyclic) bond motifs is 1. The summed E-state index contributed by atoms with van der Waals surface area (Å²) in [5.41, 5.74) is 4.51. The Morgan fingerprint density at radius 2 is 2.19 bits per heavy atom. The number of Topliss-reactive ketones (excluding diaryl/α,β-unsaturated/α-hetero) is 1. The lowest BCUT2D eigenvalue weighted by atomic mass is 10.00. The van der Waals surface area contributed by atoms with E-state index in [2.05, 4.69) is 40.1 Å². The van der Waals surface area contributed by atoms with Gasteiger partial charge in [0.25, 0.3) is 0 Å². The topological polar surface area (TPSA) is 60.2 Å². The molecule has 1 fully saturated rings. The van der Waals surface area contributed by atoms with Crippen LogP contribution in [0.15, 0.2) is 36.7 Å². The molecule has 0 N–H and O–H groups in total. The number of ether oxygens (including phenoxy) is 1. The number of pyridine rings is 1. The van der Waals surface area contributed by atoms with E-state index in [4.69, 9.17) is 4.74 Å². The van der Waals surface area contributed by atoms with Crippen LogP contribution in [0.25, 0.3) is 22.0 Å². The maximum Gasteiger partial charge on any atom is 0.178 e. The number of rotatable bonds is 4. The Morgan fingerprint density at radius 3 is 2.89 bits per heavy atom. The molecule has 6 heteroatoms. The van der Waals surface area contributed by atoms with Crippen LogP contribution >= 0.6 is 0 Å². The molecule has 0 aliphatic carbocycles. The first kappa shape index (κ1) is 17.8. The van der Waals surface area contributed by atoms with Crippen molar-refractivity contribution in [2.45, 2.75) is 26.4 Å². The number of carbonyl (C=O) groups is 1. The molecule has 4 rings (SSSR count). The first-order valence-electron chi connectivity index (χ1n) is 9.26. The predicted molar refractivity (Wildman–Crippen MR) is 105 cm³/mol. The van der Waals surface area contributed by atoms with Crippen molar-refractivity contribution in [1.29, 1.82) is 0 Å². The van der Waals surface area contributed by atoms with Gasteiger partial charge in [-0.25, -0.2) is 4.98 Å². The van der Waals surface area contributed by atoms with Gasteiger partial charge >= 0.3 is 0 Å². The molecule has 6 nitrogen and oxygen atoms in total.